The first kappa shape index (κ1) is 56.0. The van der Waals surface area contributed by atoms with Crippen LogP contribution >= 0.6 is 11.8 Å². The largest absolute Gasteiger partial charge is 0.508 e. The summed E-state index contributed by atoms with van der Waals surface area (Å²) < 4.78 is 5.96. The Labute approximate surface area is 391 Å². The molecule has 0 aliphatic heterocycles. The molecule has 3 aromatic carbocycles. The summed E-state index contributed by atoms with van der Waals surface area (Å²) >= 11 is 1.70. The number of aryl methyl sites for hydroxylation is 2. The standard InChI is InChI=1S/C35H62O3.C22H30O2S/c1-9-11-12-13-14-15-16-17-18-19-20-21-22-23-24-25-26-28-30(36)27-29(34(3,4)5)33(38-31(37)10-2)32(28)35(6,7)8;1-13-9-17(23)15(21(3,4)5)11-19(13)25-20-12-16(22(6,7)8)18(24)10-14(20)2/h27,36H,9-26H2,1-8H3;9-12,23-24H,1-8H3. The van der Waals surface area contributed by atoms with Gasteiger partial charge in [0.1, 0.15) is 23.0 Å². The monoisotopic (exact) mass is 889 g/mol. The van der Waals surface area contributed by atoms with Crippen molar-refractivity contribution in [2.24, 2.45) is 0 Å². The Morgan fingerprint density at radius 1 is 0.492 bits per heavy atom. The van der Waals surface area contributed by atoms with E-state index in [-0.39, 0.29) is 27.6 Å². The number of hydrogen-bond donors (Lipinski definition) is 3. The van der Waals surface area contributed by atoms with Crippen LogP contribution < -0.4 is 4.74 Å². The highest BCUT2D eigenvalue weighted by molar-refractivity contribution is 7.99. The molecule has 0 unspecified atom stereocenters. The Morgan fingerprint density at radius 2 is 0.857 bits per heavy atom. The number of carbonyl (C=O) groups excluding carboxylic acids is 1. The van der Waals surface area contributed by atoms with Gasteiger partial charge in [-0.1, -0.05) is 205 Å². The molecule has 0 aliphatic rings. The van der Waals surface area contributed by atoms with Crippen LogP contribution in [0.3, 0.4) is 0 Å². The van der Waals surface area contributed by atoms with Crippen LogP contribution in [0.5, 0.6) is 23.0 Å². The molecule has 0 heterocycles. The second-order valence-electron chi connectivity index (χ2n) is 22.4. The molecule has 0 aromatic heterocycles. The zero-order valence-electron chi connectivity index (χ0n) is 43.2. The van der Waals surface area contributed by atoms with Gasteiger partial charge < -0.3 is 20.1 Å². The van der Waals surface area contributed by atoms with E-state index in [1.165, 1.54) is 96.3 Å². The first-order valence-corrected chi connectivity index (χ1v) is 25.5. The molecule has 0 saturated carbocycles. The fraction of sp³-hybridized carbons (Fsp3) is 0.667. The van der Waals surface area contributed by atoms with Gasteiger partial charge in [0.25, 0.3) is 0 Å². The van der Waals surface area contributed by atoms with Gasteiger partial charge in [-0.25, -0.2) is 0 Å². The number of ether oxygens (including phenoxy) is 1. The number of phenolic OH excluding ortho intramolecular Hbond substituents is 3. The number of rotatable bonds is 21. The predicted molar refractivity (Wildman–Crippen MR) is 272 cm³/mol. The third-order valence-electron chi connectivity index (χ3n) is 12.1. The first-order valence-electron chi connectivity index (χ1n) is 24.7. The molecule has 356 valence electrons. The van der Waals surface area contributed by atoms with Crippen LogP contribution in [0, 0.1) is 13.8 Å². The number of esters is 1. The van der Waals surface area contributed by atoms with Crippen molar-refractivity contribution in [2.45, 2.75) is 258 Å². The topological polar surface area (TPSA) is 87.0 Å². The number of unbranched alkanes of at least 4 members (excludes halogenated alkanes) is 15. The van der Waals surface area contributed by atoms with E-state index in [0.29, 0.717) is 29.4 Å². The van der Waals surface area contributed by atoms with Crippen LogP contribution in [0.1, 0.15) is 245 Å². The van der Waals surface area contributed by atoms with Gasteiger partial charge in [-0.3, -0.25) is 4.79 Å². The smallest absolute Gasteiger partial charge is 0.310 e. The second-order valence-corrected chi connectivity index (χ2v) is 23.5. The van der Waals surface area contributed by atoms with Gasteiger partial charge in [0.05, 0.1) is 0 Å². The lowest BCUT2D eigenvalue weighted by Gasteiger charge is -2.32. The lowest BCUT2D eigenvalue weighted by molar-refractivity contribution is -0.134. The maximum atomic E-state index is 12.4. The van der Waals surface area contributed by atoms with Crippen LogP contribution in [-0.2, 0) is 32.9 Å². The third-order valence-corrected chi connectivity index (χ3v) is 13.4. The lowest BCUT2D eigenvalue weighted by Crippen LogP contribution is -2.23. The zero-order chi connectivity index (χ0) is 47.8. The van der Waals surface area contributed by atoms with Gasteiger partial charge in [0.15, 0.2) is 0 Å². The van der Waals surface area contributed by atoms with E-state index in [1.54, 1.807) is 11.8 Å². The fourth-order valence-corrected chi connectivity index (χ4v) is 9.35. The molecule has 63 heavy (non-hydrogen) atoms. The summed E-state index contributed by atoms with van der Waals surface area (Å²) in [6.45, 7) is 33.5. The molecule has 0 fully saturated rings. The average Bonchev–Trinajstić information content (AvgIpc) is 3.15. The Balaban J connectivity index is 0.000000470. The summed E-state index contributed by atoms with van der Waals surface area (Å²) in [6.07, 6.45) is 22.7. The van der Waals surface area contributed by atoms with Crippen molar-refractivity contribution >= 4 is 17.7 Å². The minimum Gasteiger partial charge on any atom is -0.508 e. The highest BCUT2D eigenvalue weighted by Gasteiger charge is 2.32. The van der Waals surface area contributed by atoms with E-state index in [0.717, 1.165) is 61.6 Å². The van der Waals surface area contributed by atoms with Crippen molar-refractivity contribution in [1.82, 2.24) is 0 Å². The number of benzene rings is 3. The molecule has 0 radical (unpaired) electrons. The summed E-state index contributed by atoms with van der Waals surface area (Å²) in [5.41, 5.74) is 6.14. The van der Waals surface area contributed by atoms with Crippen LogP contribution in [0.2, 0.25) is 0 Å². The lowest BCUT2D eigenvalue weighted by atomic mass is 9.76. The molecule has 0 saturated heterocycles. The molecule has 0 atom stereocenters. The van der Waals surface area contributed by atoms with Crippen molar-refractivity contribution in [3.8, 4) is 23.0 Å². The van der Waals surface area contributed by atoms with E-state index in [4.69, 9.17) is 4.74 Å². The molecule has 0 aliphatic carbocycles. The number of hydrogen-bond acceptors (Lipinski definition) is 6. The summed E-state index contributed by atoms with van der Waals surface area (Å²) in [5, 5.41) is 31.7. The fourth-order valence-electron chi connectivity index (χ4n) is 8.32. The SMILES string of the molecule is CCCCCCCCCCCCCCCCCCc1c(O)cc(C(C)(C)C)c(OC(=O)CC)c1C(C)(C)C.Cc1cc(O)c(C(C)(C)C)cc1Sc1cc(C(C)(C)C)c(O)cc1C. The van der Waals surface area contributed by atoms with Crippen molar-refractivity contribution in [3.05, 3.63) is 69.3 Å². The van der Waals surface area contributed by atoms with Gasteiger partial charge in [0.2, 0.25) is 0 Å². The predicted octanol–water partition coefficient (Wildman–Crippen LogP) is 17.6. The van der Waals surface area contributed by atoms with Crippen molar-refractivity contribution in [3.63, 3.8) is 0 Å². The van der Waals surface area contributed by atoms with Crippen LogP contribution in [0.25, 0.3) is 0 Å². The molecular weight excluding hydrogens is 797 g/mol. The molecular formula is C57H92O5S. The van der Waals surface area contributed by atoms with E-state index in [1.807, 2.05) is 39.0 Å². The van der Waals surface area contributed by atoms with E-state index >= 15 is 0 Å². The quantitative estimate of drug-likeness (QED) is 0.0561. The first-order chi connectivity index (χ1) is 29.2. The van der Waals surface area contributed by atoms with Crippen molar-refractivity contribution in [1.29, 1.82) is 0 Å². The summed E-state index contributed by atoms with van der Waals surface area (Å²) in [5.74, 6) is 1.50. The highest BCUT2D eigenvalue weighted by Crippen LogP contribution is 2.47. The molecule has 3 rings (SSSR count). The Hall–Kier alpha value is -3.12. The number of aromatic hydroxyl groups is 3. The van der Waals surface area contributed by atoms with E-state index in [9.17, 15) is 20.1 Å². The van der Waals surface area contributed by atoms with E-state index in [2.05, 4.69) is 102 Å². The molecule has 0 spiro atoms. The van der Waals surface area contributed by atoms with Crippen LogP contribution in [0.4, 0.5) is 0 Å². The summed E-state index contributed by atoms with van der Waals surface area (Å²) in [4.78, 5) is 14.6. The van der Waals surface area contributed by atoms with Gasteiger partial charge in [-0.05, 0) is 89.8 Å². The maximum Gasteiger partial charge on any atom is 0.310 e. The molecule has 3 aromatic rings. The van der Waals surface area contributed by atoms with Crippen LogP contribution in [-0.4, -0.2) is 21.3 Å². The molecule has 5 nitrogen and oxygen atoms in total. The molecule has 0 bridgehead atoms. The Bertz CT molecular complexity index is 1790. The van der Waals surface area contributed by atoms with Crippen molar-refractivity contribution in [2.75, 3.05) is 0 Å². The summed E-state index contributed by atoms with van der Waals surface area (Å²) in [6, 6.07) is 9.73. The zero-order valence-corrected chi connectivity index (χ0v) is 44.0. The summed E-state index contributed by atoms with van der Waals surface area (Å²) in [7, 11) is 0. The van der Waals surface area contributed by atoms with E-state index < -0.39 is 0 Å². The number of carbonyl (C=O) groups is 1. The Morgan fingerprint density at radius 3 is 1.19 bits per heavy atom. The van der Waals surface area contributed by atoms with Crippen LogP contribution in [0.15, 0.2) is 40.1 Å². The maximum absolute atomic E-state index is 12.4. The third kappa shape index (κ3) is 18.7. The normalized spacial score (nSPS) is 12.3. The number of phenols is 3. The van der Waals surface area contributed by atoms with Gasteiger partial charge in [-0.15, -0.1) is 0 Å². The highest BCUT2D eigenvalue weighted by atomic mass is 32.2. The van der Waals surface area contributed by atoms with Gasteiger partial charge >= 0.3 is 5.97 Å². The average molecular weight is 889 g/mol. The van der Waals surface area contributed by atoms with Gasteiger partial charge in [-0.2, -0.15) is 0 Å². The Kier molecular flexibility index (Phi) is 22.7. The molecule has 3 N–H and O–H groups in total. The second kappa shape index (κ2) is 25.5. The minimum absolute atomic E-state index is 0.117. The minimum atomic E-state index is -0.244. The molecule has 6 heteroatoms. The molecule has 0 amide bonds. The van der Waals surface area contributed by atoms with Crippen molar-refractivity contribution < 1.29 is 24.9 Å². The van der Waals surface area contributed by atoms with Gasteiger partial charge in [0, 0.05) is 44.0 Å².